The summed E-state index contributed by atoms with van der Waals surface area (Å²) >= 11 is 6.05. The van der Waals surface area contributed by atoms with E-state index in [-0.39, 0.29) is 12.5 Å². The molecular formula is C15H20ClN3O2. The van der Waals surface area contributed by atoms with Crippen molar-refractivity contribution in [1.82, 2.24) is 9.38 Å². The van der Waals surface area contributed by atoms with Crippen molar-refractivity contribution in [2.24, 2.45) is 5.92 Å². The number of nitrogens with one attached hydrogen (secondary N) is 1. The average molecular weight is 310 g/mol. The number of aromatic nitrogens is 2. The minimum atomic E-state index is -0.287. The van der Waals surface area contributed by atoms with Crippen LogP contribution in [0.3, 0.4) is 0 Å². The molecule has 1 N–H and O–H groups in total. The van der Waals surface area contributed by atoms with Crippen LogP contribution in [0.25, 0.3) is 5.65 Å². The van der Waals surface area contributed by atoms with Crippen molar-refractivity contribution in [2.45, 2.75) is 27.2 Å². The number of imidazole rings is 1. The molecule has 0 saturated carbocycles. The van der Waals surface area contributed by atoms with Crippen LogP contribution in [0.5, 0.6) is 0 Å². The zero-order valence-electron chi connectivity index (χ0n) is 12.5. The number of carbonyl (C=O) groups excluding carboxylic acids is 1. The molecule has 21 heavy (non-hydrogen) atoms. The van der Waals surface area contributed by atoms with Gasteiger partial charge in [0.25, 0.3) is 0 Å². The Bertz CT molecular complexity index is 637. The number of esters is 1. The molecule has 0 saturated heterocycles. The average Bonchev–Trinajstić information content (AvgIpc) is 2.72. The van der Waals surface area contributed by atoms with Crippen molar-refractivity contribution < 1.29 is 9.53 Å². The van der Waals surface area contributed by atoms with E-state index in [1.807, 2.05) is 10.5 Å². The lowest BCUT2D eigenvalue weighted by atomic mass is 10.1. The minimum Gasteiger partial charge on any atom is -0.465 e. The van der Waals surface area contributed by atoms with Gasteiger partial charge in [0.05, 0.1) is 17.3 Å². The summed E-state index contributed by atoms with van der Waals surface area (Å²) in [7, 11) is 0. The lowest BCUT2D eigenvalue weighted by Crippen LogP contribution is -2.18. The van der Waals surface area contributed by atoms with Crippen LogP contribution in [0.2, 0.25) is 5.02 Å². The summed E-state index contributed by atoms with van der Waals surface area (Å²) in [6.07, 6.45) is 2.62. The summed E-state index contributed by atoms with van der Waals surface area (Å²) in [5.41, 5.74) is 1.73. The Morgan fingerprint density at radius 2 is 2.24 bits per heavy atom. The Kier molecular flexibility index (Phi) is 5.07. The molecule has 0 fully saturated rings. The molecule has 114 valence electrons. The highest BCUT2D eigenvalue weighted by Crippen LogP contribution is 2.23. The minimum absolute atomic E-state index is 0.110. The molecule has 0 aliphatic carbocycles. The maximum Gasteiger partial charge on any atom is 0.325 e. The van der Waals surface area contributed by atoms with Crippen LogP contribution in [-0.4, -0.2) is 28.5 Å². The molecule has 5 nitrogen and oxygen atoms in total. The first-order chi connectivity index (χ1) is 10.0. The molecule has 0 spiro atoms. The van der Waals surface area contributed by atoms with Gasteiger partial charge in [-0.2, -0.15) is 0 Å². The van der Waals surface area contributed by atoms with Gasteiger partial charge in [-0.3, -0.25) is 9.20 Å². The Hall–Kier alpha value is -1.75. The number of anilines is 1. The molecule has 2 aromatic heterocycles. The van der Waals surface area contributed by atoms with E-state index in [9.17, 15) is 4.79 Å². The Labute approximate surface area is 129 Å². The first-order valence-electron chi connectivity index (χ1n) is 7.07. The molecule has 0 bridgehead atoms. The quantitative estimate of drug-likeness (QED) is 0.833. The lowest BCUT2D eigenvalue weighted by molar-refractivity contribution is -0.140. The SMILES string of the molecule is CCOC(=O)CNc1c(CC(C)C)nc2ccc(Cl)cn12. The first kappa shape index (κ1) is 15.6. The van der Waals surface area contributed by atoms with Crippen molar-refractivity contribution in [3.63, 3.8) is 0 Å². The third-order valence-corrected chi connectivity index (χ3v) is 3.19. The number of pyridine rings is 1. The van der Waals surface area contributed by atoms with Gasteiger partial charge in [0.15, 0.2) is 0 Å². The van der Waals surface area contributed by atoms with Gasteiger partial charge in [-0.1, -0.05) is 25.4 Å². The fraction of sp³-hybridized carbons (Fsp3) is 0.467. The summed E-state index contributed by atoms with van der Waals surface area (Å²) in [6.45, 7) is 6.53. The number of nitrogens with zero attached hydrogens (tertiary/aromatic N) is 2. The summed E-state index contributed by atoms with van der Waals surface area (Å²) in [4.78, 5) is 16.1. The standard InChI is InChI=1S/C15H20ClN3O2/c1-4-21-14(20)8-17-15-12(7-10(2)3)18-13-6-5-11(16)9-19(13)15/h5-6,9-10,17H,4,7-8H2,1-3H3. The van der Waals surface area contributed by atoms with Crippen LogP contribution >= 0.6 is 11.6 Å². The van der Waals surface area contributed by atoms with Gasteiger partial charge < -0.3 is 10.1 Å². The Morgan fingerprint density at radius 1 is 1.48 bits per heavy atom. The number of rotatable bonds is 6. The van der Waals surface area contributed by atoms with Crippen LogP contribution in [0.1, 0.15) is 26.5 Å². The molecule has 0 radical (unpaired) electrons. The summed E-state index contributed by atoms with van der Waals surface area (Å²) in [5.74, 6) is 0.979. The van der Waals surface area contributed by atoms with E-state index in [1.54, 1.807) is 19.2 Å². The van der Waals surface area contributed by atoms with Crippen LogP contribution in [0, 0.1) is 5.92 Å². The molecule has 0 aromatic carbocycles. The first-order valence-corrected chi connectivity index (χ1v) is 7.45. The van der Waals surface area contributed by atoms with E-state index in [2.05, 4.69) is 24.1 Å². The number of ether oxygens (including phenoxy) is 1. The van der Waals surface area contributed by atoms with E-state index in [0.29, 0.717) is 17.5 Å². The van der Waals surface area contributed by atoms with Crippen LogP contribution in [-0.2, 0) is 16.0 Å². The zero-order valence-corrected chi connectivity index (χ0v) is 13.3. The van der Waals surface area contributed by atoms with Gasteiger partial charge in [0, 0.05) is 6.20 Å². The van der Waals surface area contributed by atoms with E-state index in [4.69, 9.17) is 16.3 Å². The summed E-state index contributed by atoms with van der Waals surface area (Å²) in [6, 6.07) is 3.67. The zero-order chi connectivity index (χ0) is 15.4. The highest BCUT2D eigenvalue weighted by atomic mass is 35.5. The highest BCUT2D eigenvalue weighted by Gasteiger charge is 2.14. The highest BCUT2D eigenvalue weighted by molar-refractivity contribution is 6.30. The van der Waals surface area contributed by atoms with Gasteiger partial charge in [-0.05, 0) is 31.4 Å². The predicted molar refractivity (Wildman–Crippen MR) is 83.9 cm³/mol. The molecule has 0 aliphatic rings. The van der Waals surface area contributed by atoms with Crippen molar-refractivity contribution in [1.29, 1.82) is 0 Å². The number of hydrogen-bond acceptors (Lipinski definition) is 4. The van der Waals surface area contributed by atoms with Gasteiger partial charge in [0.2, 0.25) is 0 Å². The summed E-state index contributed by atoms with van der Waals surface area (Å²) < 4.78 is 6.81. The second kappa shape index (κ2) is 6.80. The molecule has 0 aliphatic heterocycles. The molecule has 2 aromatic rings. The fourth-order valence-electron chi connectivity index (χ4n) is 2.15. The van der Waals surface area contributed by atoms with Crippen molar-refractivity contribution in [2.75, 3.05) is 18.5 Å². The fourth-order valence-corrected chi connectivity index (χ4v) is 2.31. The molecule has 0 atom stereocenters. The van der Waals surface area contributed by atoms with E-state index in [0.717, 1.165) is 23.6 Å². The van der Waals surface area contributed by atoms with Crippen LogP contribution in [0.4, 0.5) is 5.82 Å². The van der Waals surface area contributed by atoms with E-state index in [1.165, 1.54) is 0 Å². The molecule has 2 heterocycles. The second-order valence-corrected chi connectivity index (χ2v) is 5.68. The largest absolute Gasteiger partial charge is 0.465 e. The molecule has 6 heteroatoms. The maximum atomic E-state index is 11.5. The second-order valence-electron chi connectivity index (χ2n) is 5.24. The van der Waals surface area contributed by atoms with Crippen molar-refractivity contribution in [3.05, 3.63) is 29.0 Å². The normalized spacial score (nSPS) is 11.1. The predicted octanol–water partition coefficient (Wildman–Crippen LogP) is 3.16. The third kappa shape index (κ3) is 3.88. The van der Waals surface area contributed by atoms with Gasteiger partial charge >= 0.3 is 5.97 Å². The molecular weight excluding hydrogens is 290 g/mol. The number of fused-ring (bicyclic) bond motifs is 1. The molecule has 0 unspecified atom stereocenters. The van der Waals surface area contributed by atoms with Crippen molar-refractivity contribution >= 4 is 29.0 Å². The third-order valence-electron chi connectivity index (χ3n) is 2.96. The Morgan fingerprint density at radius 3 is 2.90 bits per heavy atom. The topological polar surface area (TPSA) is 55.6 Å². The summed E-state index contributed by atoms with van der Waals surface area (Å²) in [5, 5.41) is 3.74. The number of hydrogen-bond donors (Lipinski definition) is 1. The molecule has 2 rings (SSSR count). The molecule has 0 amide bonds. The lowest BCUT2D eigenvalue weighted by Gasteiger charge is -2.09. The monoisotopic (exact) mass is 309 g/mol. The van der Waals surface area contributed by atoms with Crippen molar-refractivity contribution in [3.8, 4) is 0 Å². The maximum absolute atomic E-state index is 11.5. The smallest absolute Gasteiger partial charge is 0.325 e. The van der Waals surface area contributed by atoms with Gasteiger partial charge in [-0.25, -0.2) is 4.98 Å². The van der Waals surface area contributed by atoms with E-state index < -0.39 is 0 Å². The van der Waals surface area contributed by atoms with Crippen LogP contribution in [0.15, 0.2) is 18.3 Å². The Balaban J connectivity index is 2.32. The van der Waals surface area contributed by atoms with Gasteiger partial charge in [-0.15, -0.1) is 0 Å². The number of halogens is 1. The number of carbonyl (C=O) groups is 1. The van der Waals surface area contributed by atoms with Gasteiger partial charge in [0.1, 0.15) is 18.0 Å². The van der Waals surface area contributed by atoms with E-state index >= 15 is 0 Å². The van der Waals surface area contributed by atoms with Crippen LogP contribution < -0.4 is 5.32 Å².